The summed E-state index contributed by atoms with van der Waals surface area (Å²) in [7, 11) is 3.53. The number of thiophene rings is 1. The van der Waals surface area contributed by atoms with Crippen LogP contribution in [0.1, 0.15) is 48.2 Å². The highest BCUT2D eigenvalue weighted by Gasteiger charge is 2.53. The molecular weight excluding hydrogens is 424 g/mol. The largest absolute Gasteiger partial charge is 0.465 e. The molecule has 4 aliphatic carbocycles. The fourth-order valence-electron chi connectivity index (χ4n) is 6.27. The van der Waals surface area contributed by atoms with Crippen LogP contribution >= 0.6 is 35.2 Å². The van der Waals surface area contributed by atoms with E-state index >= 15 is 0 Å². The lowest BCUT2D eigenvalue weighted by atomic mass is 9.52. The lowest BCUT2D eigenvalue weighted by Gasteiger charge is -2.60. The molecule has 0 unspecified atom stereocenters. The van der Waals surface area contributed by atoms with Gasteiger partial charge in [-0.25, -0.2) is 4.79 Å². The summed E-state index contributed by atoms with van der Waals surface area (Å²) in [6, 6.07) is 5.93. The number of rotatable bonds is 3. The number of methoxy groups -OCH3 is 1. The maximum Gasteiger partial charge on any atom is 0.349 e. The van der Waals surface area contributed by atoms with E-state index in [4.69, 9.17) is 28.6 Å². The Morgan fingerprint density at radius 2 is 1.86 bits per heavy atom. The van der Waals surface area contributed by atoms with Crippen molar-refractivity contribution in [1.82, 2.24) is 4.90 Å². The number of thiocarbonyl (C=S) groups is 1. The summed E-state index contributed by atoms with van der Waals surface area (Å²) in [5.41, 5.74) is 1.15. The van der Waals surface area contributed by atoms with Gasteiger partial charge in [0.25, 0.3) is 0 Å². The Hall–Kier alpha value is -1.37. The smallest absolute Gasteiger partial charge is 0.349 e. The average Bonchev–Trinajstić information content (AvgIpc) is 3.01. The first-order valence-corrected chi connectivity index (χ1v) is 11.8. The lowest BCUT2D eigenvalue weighted by molar-refractivity contribution is -0.0538. The predicted octanol–water partition coefficient (Wildman–Crippen LogP) is 5.94. The monoisotopic (exact) mass is 448 g/mol. The highest BCUT2D eigenvalue weighted by molar-refractivity contribution is 7.80. The van der Waals surface area contributed by atoms with Crippen molar-refractivity contribution in [2.24, 2.45) is 17.8 Å². The zero-order chi connectivity index (χ0) is 20.3. The van der Waals surface area contributed by atoms with E-state index in [0.29, 0.717) is 9.90 Å². The number of esters is 1. The summed E-state index contributed by atoms with van der Waals surface area (Å²) in [5.74, 6) is 2.25. The molecule has 6 rings (SSSR count). The first-order chi connectivity index (χ1) is 13.9. The van der Waals surface area contributed by atoms with Crippen LogP contribution in [0.3, 0.4) is 0 Å². The normalized spacial score (nSPS) is 29.8. The van der Waals surface area contributed by atoms with E-state index in [2.05, 4.69) is 17.3 Å². The van der Waals surface area contributed by atoms with Gasteiger partial charge >= 0.3 is 5.97 Å². The Morgan fingerprint density at radius 1 is 1.24 bits per heavy atom. The number of benzene rings is 1. The number of carbonyl (C=O) groups excluding carboxylic acids is 1. The van der Waals surface area contributed by atoms with E-state index in [1.807, 2.05) is 18.2 Å². The van der Waals surface area contributed by atoms with Gasteiger partial charge in [0, 0.05) is 28.4 Å². The maximum atomic E-state index is 11.9. The number of hydrogen-bond acceptors (Lipinski definition) is 4. The SMILES string of the molecule is COC(=O)c1sc2cc(NC(=S)N(C)C34CC5CC(CC(C5)C3)C4)ccc2c1Cl. The van der Waals surface area contributed by atoms with Gasteiger partial charge in [0.05, 0.1) is 12.1 Å². The van der Waals surface area contributed by atoms with Crippen molar-refractivity contribution >= 4 is 62.0 Å². The molecule has 154 valence electrons. The van der Waals surface area contributed by atoms with Crippen molar-refractivity contribution < 1.29 is 9.53 Å². The summed E-state index contributed by atoms with van der Waals surface area (Å²) in [6.07, 6.45) is 8.10. The quantitative estimate of drug-likeness (QED) is 0.465. The molecular formula is C22H25ClN2O2S2. The van der Waals surface area contributed by atoms with Gasteiger partial charge in [0.2, 0.25) is 0 Å². The minimum absolute atomic E-state index is 0.229. The number of fused-ring (bicyclic) bond motifs is 1. The van der Waals surface area contributed by atoms with Crippen LogP contribution in [0.4, 0.5) is 5.69 Å². The average molecular weight is 449 g/mol. The maximum absolute atomic E-state index is 11.9. The number of carbonyl (C=O) groups is 1. The summed E-state index contributed by atoms with van der Waals surface area (Å²) in [5, 5.41) is 5.53. The van der Waals surface area contributed by atoms with Gasteiger partial charge < -0.3 is 15.0 Å². The van der Waals surface area contributed by atoms with Crippen molar-refractivity contribution in [3.63, 3.8) is 0 Å². The van der Waals surface area contributed by atoms with Gasteiger partial charge in [-0.2, -0.15) is 0 Å². The zero-order valence-corrected chi connectivity index (χ0v) is 19.1. The molecule has 1 aromatic heterocycles. The van der Waals surface area contributed by atoms with Crippen LogP contribution in [0.2, 0.25) is 5.02 Å². The topological polar surface area (TPSA) is 41.6 Å². The van der Waals surface area contributed by atoms with Crippen LogP contribution in [0.25, 0.3) is 10.1 Å². The van der Waals surface area contributed by atoms with E-state index in [1.54, 1.807) is 0 Å². The number of nitrogens with one attached hydrogen (secondary N) is 1. The van der Waals surface area contributed by atoms with Crippen molar-refractivity contribution in [1.29, 1.82) is 0 Å². The summed E-state index contributed by atoms with van der Waals surface area (Å²) >= 11 is 13.5. The minimum Gasteiger partial charge on any atom is -0.465 e. The van der Waals surface area contributed by atoms with Crippen LogP contribution in [0.5, 0.6) is 0 Å². The lowest BCUT2D eigenvalue weighted by Crippen LogP contribution is -2.60. The second-order valence-corrected chi connectivity index (χ2v) is 10.9. The van der Waals surface area contributed by atoms with Gasteiger partial charge in [-0.05, 0) is 86.7 Å². The van der Waals surface area contributed by atoms with E-state index in [-0.39, 0.29) is 5.54 Å². The van der Waals surface area contributed by atoms with Crippen LogP contribution in [-0.4, -0.2) is 35.7 Å². The van der Waals surface area contributed by atoms with Crippen LogP contribution in [0.15, 0.2) is 18.2 Å². The molecule has 1 N–H and O–H groups in total. The fraction of sp³-hybridized carbons (Fsp3) is 0.545. The third kappa shape index (κ3) is 3.24. The molecule has 2 aromatic rings. The highest BCUT2D eigenvalue weighted by Crippen LogP contribution is 2.57. The van der Waals surface area contributed by atoms with Gasteiger partial charge in [-0.1, -0.05) is 11.6 Å². The fourth-order valence-corrected chi connectivity index (χ4v) is 8.04. The molecule has 4 aliphatic rings. The Labute approximate surface area is 185 Å². The van der Waals surface area contributed by atoms with Crippen LogP contribution in [0, 0.1) is 17.8 Å². The molecule has 4 bridgehead atoms. The molecule has 29 heavy (non-hydrogen) atoms. The van der Waals surface area contributed by atoms with E-state index < -0.39 is 5.97 Å². The number of ether oxygens (including phenoxy) is 1. The van der Waals surface area contributed by atoms with E-state index in [0.717, 1.165) is 38.6 Å². The van der Waals surface area contributed by atoms with Gasteiger partial charge in [-0.3, -0.25) is 0 Å². The molecule has 4 nitrogen and oxygen atoms in total. The molecule has 0 saturated heterocycles. The van der Waals surface area contributed by atoms with Crippen LogP contribution < -0.4 is 5.32 Å². The molecule has 0 amide bonds. The zero-order valence-electron chi connectivity index (χ0n) is 16.7. The third-order valence-corrected chi connectivity index (χ3v) is 9.29. The Bertz CT molecular complexity index is 967. The van der Waals surface area contributed by atoms with Gasteiger partial charge in [0.1, 0.15) is 4.88 Å². The summed E-state index contributed by atoms with van der Waals surface area (Å²) in [6.45, 7) is 0. The predicted molar refractivity (Wildman–Crippen MR) is 123 cm³/mol. The third-order valence-electron chi connectivity index (χ3n) is 7.27. The number of hydrogen-bond donors (Lipinski definition) is 1. The van der Waals surface area contributed by atoms with Gasteiger partial charge in [0.15, 0.2) is 5.11 Å². The second-order valence-electron chi connectivity index (χ2n) is 9.08. The summed E-state index contributed by atoms with van der Waals surface area (Å²) < 4.78 is 5.78. The van der Waals surface area contributed by atoms with E-state index in [9.17, 15) is 4.79 Å². The Kier molecular flexibility index (Phi) is 4.80. The van der Waals surface area contributed by atoms with E-state index in [1.165, 1.54) is 57.0 Å². The molecule has 0 spiro atoms. The number of nitrogens with zero attached hydrogens (tertiary/aromatic N) is 1. The highest BCUT2D eigenvalue weighted by atomic mass is 35.5. The second kappa shape index (κ2) is 7.10. The molecule has 7 heteroatoms. The molecule has 1 heterocycles. The Balaban J connectivity index is 1.36. The van der Waals surface area contributed by atoms with Crippen LogP contribution in [-0.2, 0) is 4.74 Å². The molecule has 0 radical (unpaired) electrons. The molecule has 0 atom stereocenters. The van der Waals surface area contributed by atoms with Crippen molar-refractivity contribution in [3.05, 3.63) is 28.1 Å². The number of anilines is 1. The standard InChI is InChI=1S/C22H25ClN2O2S2/c1-25(22-9-12-5-13(10-22)7-14(6-12)11-22)21(28)24-15-3-4-16-17(8-15)29-19(18(16)23)20(26)27-2/h3-4,8,12-14H,5-7,9-11H2,1-2H3,(H,24,28). The Morgan fingerprint density at radius 3 is 2.45 bits per heavy atom. The van der Waals surface area contributed by atoms with Crippen molar-refractivity contribution in [2.75, 3.05) is 19.5 Å². The minimum atomic E-state index is -0.400. The van der Waals surface area contributed by atoms with Gasteiger partial charge in [-0.15, -0.1) is 11.3 Å². The first kappa shape index (κ1) is 19.6. The molecule has 0 aliphatic heterocycles. The van der Waals surface area contributed by atoms with Crippen molar-refractivity contribution in [3.8, 4) is 0 Å². The molecule has 4 saturated carbocycles. The van der Waals surface area contributed by atoms with Crippen molar-refractivity contribution in [2.45, 2.75) is 44.1 Å². The molecule has 4 fully saturated rings. The molecule has 1 aromatic carbocycles. The first-order valence-electron chi connectivity index (χ1n) is 10.2. The summed E-state index contributed by atoms with van der Waals surface area (Å²) in [4.78, 5) is 14.7. The number of halogens is 1.